The Kier molecular flexibility index (Phi) is 7.35. The van der Waals surface area contributed by atoms with Crippen LogP contribution in [0, 0.1) is 0 Å². The lowest BCUT2D eigenvalue weighted by molar-refractivity contribution is 0.0976. The molecule has 0 bridgehead atoms. The number of ether oxygens (including phenoxy) is 1. The van der Waals surface area contributed by atoms with E-state index in [-0.39, 0.29) is 11.0 Å². The van der Waals surface area contributed by atoms with E-state index in [2.05, 4.69) is 24.1 Å². The van der Waals surface area contributed by atoms with Gasteiger partial charge in [0.1, 0.15) is 5.75 Å². The summed E-state index contributed by atoms with van der Waals surface area (Å²) in [6, 6.07) is 7.05. The van der Waals surface area contributed by atoms with E-state index in [9.17, 15) is 4.79 Å². The Morgan fingerprint density at radius 3 is 3.00 bits per heavy atom. The summed E-state index contributed by atoms with van der Waals surface area (Å²) in [4.78, 5) is 12.0. The molecule has 4 nitrogen and oxygen atoms in total. The minimum atomic E-state index is -0.257. The highest BCUT2D eigenvalue weighted by atomic mass is 32.1. The molecule has 0 fully saturated rings. The van der Waals surface area contributed by atoms with Crippen LogP contribution in [0.2, 0.25) is 0 Å². The van der Waals surface area contributed by atoms with Crippen molar-refractivity contribution < 1.29 is 9.53 Å². The summed E-state index contributed by atoms with van der Waals surface area (Å²) in [5, 5.41) is 5.73. The third-order valence-corrected chi connectivity index (χ3v) is 2.74. The summed E-state index contributed by atoms with van der Waals surface area (Å²) in [6.07, 6.45) is 3.73. The number of amides is 1. The Bertz CT molecular complexity index is 475. The Labute approximate surface area is 125 Å². The van der Waals surface area contributed by atoms with Crippen LogP contribution in [0.4, 0.5) is 0 Å². The first-order chi connectivity index (χ1) is 9.67. The summed E-state index contributed by atoms with van der Waals surface area (Å²) in [5.74, 6) is 0.434. The highest BCUT2D eigenvalue weighted by molar-refractivity contribution is 7.80. The van der Waals surface area contributed by atoms with E-state index in [4.69, 9.17) is 17.0 Å². The van der Waals surface area contributed by atoms with Gasteiger partial charge in [0.2, 0.25) is 0 Å². The van der Waals surface area contributed by atoms with Gasteiger partial charge in [0.15, 0.2) is 5.11 Å². The normalized spacial score (nSPS) is 9.65. The van der Waals surface area contributed by atoms with Crippen molar-refractivity contribution in [2.24, 2.45) is 0 Å². The smallest absolute Gasteiger partial charge is 0.257 e. The van der Waals surface area contributed by atoms with E-state index in [1.54, 1.807) is 24.3 Å². The molecule has 0 saturated heterocycles. The number of carbonyl (C=O) groups is 1. The minimum absolute atomic E-state index is 0.257. The number of unbranched alkanes of at least 4 members (excludes halogenated alkanes) is 1. The van der Waals surface area contributed by atoms with Crippen molar-refractivity contribution in [3.05, 3.63) is 42.5 Å². The fraction of sp³-hybridized carbons (Fsp3) is 0.333. The molecule has 2 N–H and O–H groups in total. The number of thiocarbonyl (C=S) groups is 1. The van der Waals surface area contributed by atoms with Crippen LogP contribution in [0.1, 0.15) is 30.1 Å². The van der Waals surface area contributed by atoms with Crippen LogP contribution < -0.4 is 15.4 Å². The second-order valence-electron chi connectivity index (χ2n) is 4.18. The SMILES string of the molecule is C=CCNC(=S)NC(=O)c1cccc(OCCCC)c1. The van der Waals surface area contributed by atoms with Crippen LogP contribution in [-0.4, -0.2) is 24.2 Å². The number of rotatable bonds is 7. The van der Waals surface area contributed by atoms with Crippen LogP contribution in [0.15, 0.2) is 36.9 Å². The summed E-state index contributed by atoms with van der Waals surface area (Å²) < 4.78 is 5.57. The quantitative estimate of drug-likeness (QED) is 0.461. The zero-order valence-electron chi connectivity index (χ0n) is 11.6. The monoisotopic (exact) mass is 292 g/mol. The molecule has 0 atom stereocenters. The lowest BCUT2D eigenvalue weighted by Crippen LogP contribution is -2.39. The van der Waals surface area contributed by atoms with E-state index in [0.29, 0.717) is 24.5 Å². The molecule has 0 spiro atoms. The second kappa shape index (κ2) is 9.09. The molecule has 0 saturated carbocycles. The van der Waals surface area contributed by atoms with Gasteiger partial charge in [0, 0.05) is 12.1 Å². The van der Waals surface area contributed by atoms with Crippen molar-refractivity contribution in [3.8, 4) is 5.75 Å². The maximum absolute atomic E-state index is 12.0. The maximum Gasteiger partial charge on any atom is 0.257 e. The number of hydrogen-bond acceptors (Lipinski definition) is 3. The van der Waals surface area contributed by atoms with Crippen LogP contribution >= 0.6 is 12.2 Å². The average molecular weight is 292 g/mol. The summed E-state index contributed by atoms with van der Waals surface area (Å²) >= 11 is 4.99. The topological polar surface area (TPSA) is 50.4 Å². The van der Waals surface area contributed by atoms with E-state index in [1.165, 1.54) is 0 Å². The van der Waals surface area contributed by atoms with Crippen LogP contribution in [0.25, 0.3) is 0 Å². The molecule has 108 valence electrons. The molecule has 0 aliphatic heterocycles. The molecule has 5 heteroatoms. The molecule has 1 amide bonds. The predicted octanol–water partition coefficient (Wildman–Crippen LogP) is 2.66. The van der Waals surface area contributed by atoms with Gasteiger partial charge in [-0.15, -0.1) is 6.58 Å². The lowest BCUT2D eigenvalue weighted by atomic mass is 10.2. The molecule has 1 aromatic rings. The molecule has 0 aromatic heterocycles. The van der Waals surface area contributed by atoms with Crippen molar-refractivity contribution in [1.29, 1.82) is 0 Å². The van der Waals surface area contributed by atoms with Crippen molar-refractivity contribution in [3.63, 3.8) is 0 Å². The summed E-state index contributed by atoms with van der Waals surface area (Å²) in [7, 11) is 0. The van der Waals surface area contributed by atoms with Gasteiger partial charge >= 0.3 is 0 Å². The molecule has 0 unspecified atom stereocenters. The van der Waals surface area contributed by atoms with Crippen LogP contribution in [0.3, 0.4) is 0 Å². The highest BCUT2D eigenvalue weighted by Crippen LogP contribution is 2.13. The highest BCUT2D eigenvalue weighted by Gasteiger charge is 2.08. The van der Waals surface area contributed by atoms with Crippen LogP contribution in [0.5, 0.6) is 5.75 Å². The zero-order chi connectivity index (χ0) is 14.8. The summed E-state index contributed by atoms with van der Waals surface area (Å²) in [6.45, 7) is 6.83. The van der Waals surface area contributed by atoms with Crippen LogP contribution in [-0.2, 0) is 0 Å². The number of nitrogens with one attached hydrogen (secondary N) is 2. The Hall–Kier alpha value is -1.88. The standard InChI is InChI=1S/C15H20N2O2S/c1-3-5-10-19-13-8-6-7-12(11-13)14(18)17-15(20)16-9-4-2/h4,6-8,11H,2-3,5,9-10H2,1H3,(H2,16,17,18,20). The Balaban J connectivity index is 2.57. The van der Waals surface area contributed by atoms with Crippen molar-refractivity contribution in [1.82, 2.24) is 10.6 Å². The van der Waals surface area contributed by atoms with Gasteiger partial charge in [-0.05, 0) is 36.8 Å². The third-order valence-electron chi connectivity index (χ3n) is 2.50. The number of benzene rings is 1. The molecule has 0 aliphatic rings. The summed E-state index contributed by atoms with van der Waals surface area (Å²) in [5.41, 5.74) is 0.516. The average Bonchev–Trinajstić information content (AvgIpc) is 2.45. The first-order valence-corrected chi connectivity index (χ1v) is 7.01. The molecule has 0 aliphatic carbocycles. The molecule has 1 aromatic carbocycles. The number of hydrogen-bond donors (Lipinski definition) is 2. The third kappa shape index (κ3) is 5.84. The Morgan fingerprint density at radius 2 is 2.30 bits per heavy atom. The first kappa shape index (κ1) is 16.2. The minimum Gasteiger partial charge on any atom is -0.494 e. The molecule has 1 rings (SSSR count). The van der Waals surface area contributed by atoms with Gasteiger partial charge < -0.3 is 10.1 Å². The molecule has 0 radical (unpaired) electrons. The van der Waals surface area contributed by atoms with Gasteiger partial charge in [0.25, 0.3) is 5.91 Å². The van der Waals surface area contributed by atoms with Gasteiger partial charge in [-0.3, -0.25) is 10.1 Å². The van der Waals surface area contributed by atoms with E-state index in [1.807, 2.05) is 6.07 Å². The maximum atomic E-state index is 12.0. The van der Waals surface area contributed by atoms with Gasteiger partial charge in [-0.25, -0.2) is 0 Å². The molecule has 20 heavy (non-hydrogen) atoms. The first-order valence-electron chi connectivity index (χ1n) is 6.60. The van der Waals surface area contributed by atoms with E-state index >= 15 is 0 Å². The van der Waals surface area contributed by atoms with Gasteiger partial charge in [-0.2, -0.15) is 0 Å². The molecule has 0 heterocycles. The fourth-order valence-corrected chi connectivity index (χ4v) is 1.62. The largest absolute Gasteiger partial charge is 0.494 e. The molecular formula is C15H20N2O2S. The van der Waals surface area contributed by atoms with Gasteiger partial charge in [0.05, 0.1) is 6.61 Å². The molecular weight excluding hydrogens is 272 g/mol. The van der Waals surface area contributed by atoms with Crippen molar-refractivity contribution in [2.45, 2.75) is 19.8 Å². The predicted molar refractivity (Wildman–Crippen MR) is 85.1 cm³/mol. The van der Waals surface area contributed by atoms with Crippen molar-refractivity contribution >= 4 is 23.2 Å². The Morgan fingerprint density at radius 1 is 1.50 bits per heavy atom. The zero-order valence-corrected chi connectivity index (χ0v) is 12.5. The van der Waals surface area contributed by atoms with E-state index in [0.717, 1.165) is 12.8 Å². The van der Waals surface area contributed by atoms with Crippen molar-refractivity contribution in [2.75, 3.05) is 13.2 Å². The fourth-order valence-electron chi connectivity index (χ4n) is 1.45. The van der Waals surface area contributed by atoms with E-state index < -0.39 is 0 Å². The van der Waals surface area contributed by atoms with Gasteiger partial charge in [-0.1, -0.05) is 25.5 Å². The second-order valence-corrected chi connectivity index (χ2v) is 4.59. The number of carbonyl (C=O) groups excluding carboxylic acids is 1. The lowest BCUT2D eigenvalue weighted by Gasteiger charge is -2.09.